The highest BCUT2D eigenvalue weighted by molar-refractivity contribution is 5.86. The lowest BCUT2D eigenvalue weighted by atomic mass is 9.95. The monoisotopic (exact) mass is 270 g/mol. The van der Waals surface area contributed by atoms with Gasteiger partial charge in [-0.05, 0) is 12.8 Å². The number of carbonyl (C=O) groups is 3. The maximum atomic E-state index is 11.8. The first-order valence-electron chi connectivity index (χ1n) is 6.19. The van der Waals surface area contributed by atoms with E-state index in [0.717, 1.165) is 6.42 Å². The van der Waals surface area contributed by atoms with Crippen LogP contribution in [0.15, 0.2) is 11.6 Å². The minimum atomic E-state index is -1.000. The molecule has 19 heavy (non-hydrogen) atoms. The minimum absolute atomic E-state index is 0.0904. The minimum Gasteiger partial charge on any atom is -0.478 e. The Labute approximate surface area is 113 Å². The Morgan fingerprint density at radius 1 is 1.42 bits per heavy atom. The summed E-state index contributed by atoms with van der Waals surface area (Å²) in [5.74, 6) is -1.13. The van der Waals surface area contributed by atoms with E-state index in [2.05, 4.69) is 5.32 Å². The molecule has 0 aliphatic carbocycles. The van der Waals surface area contributed by atoms with Gasteiger partial charge in [-0.1, -0.05) is 26.3 Å². The average Bonchev–Trinajstić information content (AvgIpc) is 2.39. The molecular weight excluding hydrogens is 248 g/mol. The largest absolute Gasteiger partial charge is 0.478 e. The summed E-state index contributed by atoms with van der Waals surface area (Å²) in [4.78, 5) is 34.4. The van der Waals surface area contributed by atoms with Gasteiger partial charge in [-0.3, -0.25) is 9.59 Å². The molecule has 0 spiro atoms. The molecule has 0 aromatic rings. The summed E-state index contributed by atoms with van der Waals surface area (Å²) >= 11 is 0. The summed E-state index contributed by atoms with van der Waals surface area (Å²) in [6.45, 7) is 5.34. The second-order valence-electron chi connectivity index (χ2n) is 4.53. The molecule has 0 heterocycles. The third-order valence-electron chi connectivity index (χ3n) is 3.16. The Morgan fingerprint density at radius 2 is 2.00 bits per heavy atom. The third kappa shape index (κ3) is 5.54. The van der Waals surface area contributed by atoms with E-state index in [9.17, 15) is 14.4 Å². The highest BCUT2D eigenvalue weighted by Crippen LogP contribution is 2.16. The van der Waals surface area contributed by atoms with Crippen molar-refractivity contribution in [2.24, 2.45) is 5.92 Å². The van der Waals surface area contributed by atoms with Crippen LogP contribution in [0.1, 0.15) is 27.2 Å². The van der Waals surface area contributed by atoms with Crippen LogP contribution in [0.3, 0.4) is 0 Å². The molecule has 2 amide bonds. The van der Waals surface area contributed by atoms with Gasteiger partial charge in [0.05, 0.1) is 12.6 Å². The van der Waals surface area contributed by atoms with Crippen molar-refractivity contribution in [2.75, 3.05) is 13.6 Å². The summed E-state index contributed by atoms with van der Waals surface area (Å²) in [7, 11) is 1.61. The lowest BCUT2D eigenvalue weighted by Gasteiger charge is -2.30. The summed E-state index contributed by atoms with van der Waals surface area (Å²) < 4.78 is 0. The van der Waals surface area contributed by atoms with Gasteiger partial charge in [-0.2, -0.15) is 0 Å². The van der Waals surface area contributed by atoms with Gasteiger partial charge >= 0.3 is 5.97 Å². The quantitative estimate of drug-likeness (QED) is 0.500. The zero-order chi connectivity index (χ0) is 15.0. The highest BCUT2D eigenvalue weighted by atomic mass is 16.4. The molecule has 2 atom stereocenters. The maximum Gasteiger partial charge on any atom is 0.331 e. The number of likely N-dealkylation sites (N-methyl/N-ethyl adjacent to an activating group) is 1. The smallest absolute Gasteiger partial charge is 0.331 e. The molecular formula is C13H22N2O4. The predicted molar refractivity (Wildman–Crippen MR) is 71.5 cm³/mol. The summed E-state index contributed by atoms with van der Waals surface area (Å²) in [6.07, 6.45) is 2.85. The number of nitrogens with zero attached hydrogens (tertiary/aromatic N) is 1. The molecule has 0 saturated carbocycles. The lowest BCUT2D eigenvalue weighted by Crippen LogP contribution is -2.44. The molecule has 2 N–H and O–H groups in total. The number of carbonyl (C=O) groups excluding carboxylic acids is 2. The summed E-state index contributed by atoms with van der Waals surface area (Å²) in [5, 5.41) is 11.2. The van der Waals surface area contributed by atoms with Gasteiger partial charge in [0.2, 0.25) is 12.3 Å². The van der Waals surface area contributed by atoms with Crippen LogP contribution in [-0.2, 0) is 14.4 Å². The first kappa shape index (κ1) is 17.2. The number of aliphatic carboxylic acids is 1. The van der Waals surface area contributed by atoms with E-state index in [1.807, 2.05) is 13.8 Å². The van der Waals surface area contributed by atoms with Crippen LogP contribution >= 0.6 is 0 Å². The van der Waals surface area contributed by atoms with Crippen LogP contribution in [0, 0.1) is 5.92 Å². The molecule has 6 heteroatoms. The van der Waals surface area contributed by atoms with Crippen molar-refractivity contribution >= 4 is 18.3 Å². The van der Waals surface area contributed by atoms with Crippen molar-refractivity contribution < 1.29 is 19.5 Å². The van der Waals surface area contributed by atoms with Crippen LogP contribution in [-0.4, -0.2) is 47.9 Å². The molecule has 0 aliphatic rings. The SMILES string of the molecule is CCC(C)[C@@H](/C=C(\C)C(=O)O)N(C)C(=O)CNC=O. The number of carboxylic acid groups (broad SMARTS) is 1. The Bertz CT molecular complexity index is 366. The van der Waals surface area contributed by atoms with E-state index < -0.39 is 5.97 Å². The van der Waals surface area contributed by atoms with E-state index >= 15 is 0 Å². The van der Waals surface area contributed by atoms with Crippen molar-refractivity contribution in [3.05, 3.63) is 11.6 Å². The van der Waals surface area contributed by atoms with Crippen LogP contribution in [0.25, 0.3) is 0 Å². The zero-order valence-electron chi connectivity index (χ0n) is 11.8. The number of rotatable bonds is 8. The first-order chi connectivity index (χ1) is 8.84. The van der Waals surface area contributed by atoms with Crippen molar-refractivity contribution in [1.29, 1.82) is 0 Å². The number of hydrogen-bond donors (Lipinski definition) is 2. The second kappa shape index (κ2) is 8.29. The molecule has 1 unspecified atom stereocenters. The zero-order valence-corrected chi connectivity index (χ0v) is 11.8. The van der Waals surface area contributed by atoms with E-state index in [1.165, 1.54) is 11.8 Å². The Kier molecular flexibility index (Phi) is 7.48. The highest BCUT2D eigenvalue weighted by Gasteiger charge is 2.23. The van der Waals surface area contributed by atoms with E-state index in [-0.39, 0.29) is 30.0 Å². The number of amides is 2. The molecule has 6 nitrogen and oxygen atoms in total. The number of carboxylic acids is 1. The summed E-state index contributed by atoms with van der Waals surface area (Å²) in [5.41, 5.74) is 0.202. The van der Waals surface area contributed by atoms with Crippen LogP contribution in [0.5, 0.6) is 0 Å². The van der Waals surface area contributed by atoms with Gasteiger partial charge in [0, 0.05) is 12.6 Å². The molecule has 108 valence electrons. The van der Waals surface area contributed by atoms with E-state index in [4.69, 9.17) is 5.11 Å². The molecule has 0 rings (SSSR count). The van der Waals surface area contributed by atoms with Gasteiger partial charge in [-0.15, -0.1) is 0 Å². The normalized spacial score (nSPS) is 14.4. The second-order valence-corrected chi connectivity index (χ2v) is 4.53. The van der Waals surface area contributed by atoms with Gasteiger partial charge < -0.3 is 15.3 Å². The fourth-order valence-corrected chi connectivity index (χ4v) is 1.65. The van der Waals surface area contributed by atoms with Crippen molar-refractivity contribution in [1.82, 2.24) is 10.2 Å². The standard InChI is InChI=1S/C13H22N2O4/c1-5-9(2)11(6-10(3)13(18)19)15(4)12(17)7-14-8-16/h6,8-9,11H,5,7H2,1-4H3,(H,14,16)(H,18,19)/b10-6+/t9?,11-/m1/s1. The van der Waals surface area contributed by atoms with Crippen LogP contribution in [0.2, 0.25) is 0 Å². The van der Waals surface area contributed by atoms with Crippen molar-refractivity contribution in [3.63, 3.8) is 0 Å². The molecule has 0 saturated heterocycles. The molecule has 0 aromatic carbocycles. The fraction of sp³-hybridized carbons (Fsp3) is 0.615. The summed E-state index contributed by atoms with van der Waals surface area (Å²) in [6, 6.07) is -0.304. The third-order valence-corrected chi connectivity index (χ3v) is 3.16. The van der Waals surface area contributed by atoms with Crippen molar-refractivity contribution in [3.8, 4) is 0 Å². The van der Waals surface area contributed by atoms with Gasteiger partial charge in [-0.25, -0.2) is 4.79 Å². The maximum absolute atomic E-state index is 11.8. The van der Waals surface area contributed by atoms with Crippen molar-refractivity contribution in [2.45, 2.75) is 33.2 Å². The molecule has 0 aromatic heterocycles. The topological polar surface area (TPSA) is 86.7 Å². The Hall–Kier alpha value is -1.85. The van der Waals surface area contributed by atoms with Gasteiger partial charge in [0.15, 0.2) is 0 Å². The van der Waals surface area contributed by atoms with Gasteiger partial charge in [0.1, 0.15) is 0 Å². The first-order valence-corrected chi connectivity index (χ1v) is 6.19. The van der Waals surface area contributed by atoms with Gasteiger partial charge in [0.25, 0.3) is 0 Å². The number of hydrogen-bond acceptors (Lipinski definition) is 3. The van der Waals surface area contributed by atoms with E-state index in [1.54, 1.807) is 13.1 Å². The lowest BCUT2D eigenvalue weighted by molar-refractivity contribution is -0.133. The Balaban J connectivity index is 5.04. The Morgan fingerprint density at radius 3 is 2.42 bits per heavy atom. The fourth-order valence-electron chi connectivity index (χ4n) is 1.65. The molecule has 0 fully saturated rings. The van der Waals surface area contributed by atoms with Crippen LogP contribution in [0.4, 0.5) is 0 Å². The predicted octanol–water partition coefficient (Wildman–Crippen LogP) is 0.636. The average molecular weight is 270 g/mol. The number of nitrogens with one attached hydrogen (secondary N) is 1. The molecule has 0 radical (unpaired) electrons. The van der Waals surface area contributed by atoms with Crippen LogP contribution < -0.4 is 5.32 Å². The molecule has 0 aliphatic heterocycles. The molecule has 0 bridgehead atoms. The van der Waals surface area contributed by atoms with E-state index in [0.29, 0.717) is 6.41 Å².